The highest BCUT2D eigenvalue weighted by molar-refractivity contribution is 6.09. The smallest absolute Gasteiger partial charge is 0.288 e. The van der Waals surface area contributed by atoms with E-state index in [2.05, 4.69) is 15.6 Å². The number of para-hydroxylation sites is 2. The van der Waals surface area contributed by atoms with Gasteiger partial charge < -0.3 is 15.4 Å². The van der Waals surface area contributed by atoms with Gasteiger partial charge in [-0.05, 0) is 58.9 Å². The lowest BCUT2D eigenvalue weighted by molar-refractivity contribution is 0.0908. The Kier molecular flexibility index (Phi) is 5.59. The zero-order valence-electron chi connectivity index (χ0n) is 17.3. The largest absolute Gasteiger partial charge is 0.489 e. The number of rotatable bonds is 5. The number of benzene rings is 1. The molecule has 0 unspecified atom stereocenters. The first-order valence-corrected chi connectivity index (χ1v) is 9.52. The molecule has 0 fully saturated rings. The van der Waals surface area contributed by atoms with Gasteiger partial charge in [-0.1, -0.05) is 18.2 Å². The minimum Gasteiger partial charge on any atom is -0.489 e. The van der Waals surface area contributed by atoms with Gasteiger partial charge in [-0.25, -0.2) is 4.98 Å². The molecular weight excluding hydrogens is 368 g/mol. The SMILES string of the molecule is CC(C)Oc1ccccc1NC(=O)c1nc(C(=O)NC(C)(C)C)n2ccccc12. The van der Waals surface area contributed by atoms with Crippen molar-refractivity contribution in [2.45, 2.75) is 46.3 Å². The summed E-state index contributed by atoms with van der Waals surface area (Å²) in [6.07, 6.45) is 1.68. The van der Waals surface area contributed by atoms with E-state index in [0.717, 1.165) is 0 Å². The fraction of sp³-hybridized carbons (Fsp3) is 0.318. The van der Waals surface area contributed by atoms with Crippen LogP contribution in [0.25, 0.3) is 5.52 Å². The van der Waals surface area contributed by atoms with E-state index in [1.807, 2.05) is 46.8 Å². The number of anilines is 1. The molecule has 2 heterocycles. The van der Waals surface area contributed by atoms with Gasteiger partial charge >= 0.3 is 0 Å². The van der Waals surface area contributed by atoms with Crippen molar-refractivity contribution in [1.82, 2.24) is 14.7 Å². The molecule has 0 saturated heterocycles. The normalized spacial score (nSPS) is 11.5. The van der Waals surface area contributed by atoms with E-state index in [1.165, 1.54) is 0 Å². The summed E-state index contributed by atoms with van der Waals surface area (Å²) in [7, 11) is 0. The molecule has 0 saturated carbocycles. The van der Waals surface area contributed by atoms with E-state index in [9.17, 15) is 9.59 Å². The molecule has 2 amide bonds. The summed E-state index contributed by atoms with van der Waals surface area (Å²) in [4.78, 5) is 30.1. The monoisotopic (exact) mass is 394 g/mol. The molecule has 29 heavy (non-hydrogen) atoms. The van der Waals surface area contributed by atoms with Crippen molar-refractivity contribution in [3.63, 3.8) is 0 Å². The molecule has 0 bridgehead atoms. The third kappa shape index (κ3) is 4.74. The number of aromatic nitrogens is 2. The first-order valence-electron chi connectivity index (χ1n) is 9.52. The third-order valence-electron chi connectivity index (χ3n) is 3.95. The van der Waals surface area contributed by atoms with Crippen molar-refractivity contribution >= 4 is 23.0 Å². The quantitative estimate of drug-likeness (QED) is 0.687. The van der Waals surface area contributed by atoms with Gasteiger partial charge in [0.15, 0.2) is 5.69 Å². The minimum absolute atomic E-state index is 0.0332. The van der Waals surface area contributed by atoms with Crippen molar-refractivity contribution in [2.75, 3.05) is 5.32 Å². The number of carbonyl (C=O) groups excluding carboxylic acids is 2. The molecule has 0 atom stereocenters. The molecule has 7 nitrogen and oxygen atoms in total. The van der Waals surface area contributed by atoms with E-state index in [4.69, 9.17) is 4.74 Å². The topological polar surface area (TPSA) is 84.7 Å². The molecule has 2 N–H and O–H groups in total. The van der Waals surface area contributed by atoms with Gasteiger partial charge in [0.2, 0.25) is 5.82 Å². The standard InChI is InChI=1S/C22H26N4O3/c1-14(2)29-17-12-7-6-10-15(17)23-20(27)18-16-11-8-9-13-26(16)19(24-18)21(28)25-22(3,4)5/h6-14H,1-5H3,(H,23,27)(H,25,28). The number of amides is 2. The first-order chi connectivity index (χ1) is 13.7. The van der Waals surface area contributed by atoms with Crippen molar-refractivity contribution in [2.24, 2.45) is 0 Å². The fourth-order valence-electron chi connectivity index (χ4n) is 2.87. The van der Waals surface area contributed by atoms with Gasteiger partial charge in [0.1, 0.15) is 5.75 Å². The Labute approximate surface area is 170 Å². The van der Waals surface area contributed by atoms with Crippen LogP contribution in [0.1, 0.15) is 55.7 Å². The van der Waals surface area contributed by atoms with Gasteiger partial charge in [0.25, 0.3) is 11.8 Å². The molecule has 3 aromatic rings. The van der Waals surface area contributed by atoms with Crippen LogP contribution in [0.15, 0.2) is 48.7 Å². The van der Waals surface area contributed by atoms with Crippen LogP contribution in [0.3, 0.4) is 0 Å². The number of fused-ring (bicyclic) bond motifs is 1. The van der Waals surface area contributed by atoms with Crippen LogP contribution in [-0.4, -0.2) is 32.8 Å². The number of nitrogens with one attached hydrogen (secondary N) is 2. The molecule has 7 heteroatoms. The minimum atomic E-state index is -0.423. The van der Waals surface area contributed by atoms with Crippen molar-refractivity contribution in [3.05, 3.63) is 60.2 Å². The second-order valence-electron chi connectivity index (χ2n) is 8.06. The summed E-state index contributed by atoms with van der Waals surface area (Å²) in [5.74, 6) is -0.0259. The number of pyridine rings is 1. The predicted octanol–water partition coefficient (Wildman–Crippen LogP) is 3.90. The second-order valence-corrected chi connectivity index (χ2v) is 8.06. The molecule has 2 aromatic heterocycles. The van der Waals surface area contributed by atoms with Crippen LogP contribution < -0.4 is 15.4 Å². The molecule has 1 aromatic carbocycles. The van der Waals surface area contributed by atoms with E-state index in [-0.39, 0.29) is 23.5 Å². The number of ether oxygens (including phenoxy) is 1. The summed E-state index contributed by atoms with van der Waals surface area (Å²) in [6, 6.07) is 12.6. The highest BCUT2D eigenvalue weighted by Crippen LogP contribution is 2.26. The summed E-state index contributed by atoms with van der Waals surface area (Å²) >= 11 is 0. The van der Waals surface area contributed by atoms with Crippen LogP contribution in [0.4, 0.5) is 5.69 Å². The maximum absolute atomic E-state index is 13.0. The maximum atomic E-state index is 13.0. The van der Waals surface area contributed by atoms with Crippen LogP contribution in [0.2, 0.25) is 0 Å². The number of hydrogen-bond acceptors (Lipinski definition) is 4. The van der Waals surface area contributed by atoms with Gasteiger partial charge in [0, 0.05) is 11.7 Å². The molecule has 0 aliphatic heterocycles. The fourth-order valence-corrected chi connectivity index (χ4v) is 2.87. The Morgan fingerprint density at radius 2 is 1.72 bits per heavy atom. The van der Waals surface area contributed by atoms with E-state index >= 15 is 0 Å². The molecule has 0 aliphatic rings. The second kappa shape index (κ2) is 7.95. The van der Waals surface area contributed by atoms with Gasteiger partial charge in [-0.3, -0.25) is 14.0 Å². The van der Waals surface area contributed by atoms with Gasteiger partial charge in [0.05, 0.1) is 17.3 Å². The molecule has 152 valence electrons. The third-order valence-corrected chi connectivity index (χ3v) is 3.95. The van der Waals surface area contributed by atoms with Crippen molar-refractivity contribution in [3.8, 4) is 5.75 Å². The summed E-state index contributed by atoms with van der Waals surface area (Å²) in [5.41, 5.74) is 0.840. The van der Waals surface area contributed by atoms with Crippen LogP contribution >= 0.6 is 0 Å². The maximum Gasteiger partial charge on any atom is 0.288 e. The highest BCUT2D eigenvalue weighted by atomic mass is 16.5. The van der Waals surface area contributed by atoms with Gasteiger partial charge in [-0.2, -0.15) is 0 Å². The summed E-state index contributed by atoms with van der Waals surface area (Å²) < 4.78 is 7.38. The summed E-state index contributed by atoms with van der Waals surface area (Å²) in [6.45, 7) is 9.50. The zero-order valence-corrected chi connectivity index (χ0v) is 17.3. The number of imidazole rings is 1. The Bertz CT molecular complexity index is 1050. The van der Waals surface area contributed by atoms with Crippen LogP contribution in [0.5, 0.6) is 5.75 Å². The average molecular weight is 394 g/mol. The van der Waals surface area contributed by atoms with E-state index in [1.54, 1.807) is 40.9 Å². The van der Waals surface area contributed by atoms with Gasteiger partial charge in [-0.15, -0.1) is 0 Å². The lowest BCUT2D eigenvalue weighted by Crippen LogP contribution is -2.41. The predicted molar refractivity (Wildman–Crippen MR) is 113 cm³/mol. The lowest BCUT2D eigenvalue weighted by Gasteiger charge is -2.19. The molecular formula is C22H26N4O3. The molecule has 0 spiro atoms. The van der Waals surface area contributed by atoms with E-state index < -0.39 is 11.4 Å². The molecule has 0 aliphatic carbocycles. The Morgan fingerprint density at radius 3 is 2.41 bits per heavy atom. The Balaban J connectivity index is 1.97. The van der Waals surface area contributed by atoms with Crippen molar-refractivity contribution in [1.29, 1.82) is 0 Å². The Morgan fingerprint density at radius 1 is 1.03 bits per heavy atom. The summed E-state index contributed by atoms with van der Waals surface area (Å²) in [5, 5.41) is 5.74. The van der Waals surface area contributed by atoms with Crippen LogP contribution in [-0.2, 0) is 0 Å². The molecule has 0 radical (unpaired) electrons. The number of hydrogen-bond donors (Lipinski definition) is 2. The van der Waals surface area contributed by atoms with E-state index in [0.29, 0.717) is 17.0 Å². The Hall–Kier alpha value is -3.35. The lowest BCUT2D eigenvalue weighted by atomic mass is 10.1. The zero-order chi connectivity index (χ0) is 21.2. The highest BCUT2D eigenvalue weighted by Gasteiger charge is 2.24. The number of nitrogens with zero attached hydrogens (tertiary/aromatic N) is 2. The average Bonchev–Trinajstić information content (AvgIpc) is 3.01. The van der Waals surface area contributed by atoms with Crippen LogP contribution in [0, 0.1) is 0 Å². The van der Waals surface area contributed by atoms with Crippen molar-refractivity contribution < 1.29 is 14.3 Å². The number of carbonyl (C=O) groups is 2. The molecule has 3 rings (SSSR count). The first kappa shape index (κ1) is 20.4.